The maximum absolute atomic E-state index is 12.3. The van der Waals surface area contributed by atoms with Gasteiger partial charge in [-0.15, -0.1) is 0 Å². The lowest BCUT2D eigenvalue weighted by Crippen LogP contribution is -2.46. The number of nitrogens with zero attached hydrogens (tertiary/aromatic N) is 2. The monoisotopic (exact) mass is 312 g/mol. The predicted molar refractivity (Wildman–Crippen MR) is 82.5 cm³/mol. The molecule has 6 nitrogen and oxygen atoms in total. The average molecular weight is 312 g/mol. The summed E-state index contributed by atoms with van der Waals surface area (Å²) < 4.78 is 10.7. The first-order chi connectivity index (χ1) is 10.7. The summed E-state index contributed by atoms with van der Waals surface area (Å²) in [7, 11) is 1.67. The van der Waals surface area contributed by atoms with E-state index in [1.807, 2.05) is 9.80 Å². The number of rotatable bonds is 7. The summed E-state index contributed by atoms with van der Waals surface area (Å²) in [5.74, 6) is 0.417. The Bertz CT molecular complexity index is 375. The van der Waals surface area contributed by atoms with E-state index in [9.17, 15) is 9.59 Å². The first-order valence-corrected chi connectivity index (χ1v) is 8.37. The van der Waals surface area contributed by atoms with Crippen LogP contribution in [0, 0.1) is 0 Å². The smallest absolute Gasteiger partial charge is 0.222 e. The molecule has 0 bridgehead atoms. The second-order valence-electron chi connectivity index (χ2n) is 6.06. The van der Waals surface area contributed by atoms with E-state index in [0.717, 1.165) is 32.2 Å². The number of methoxy groups -OCH3 is 1. The van der Waals surface area contributed by atoms with Gasteiger partial charge in [0.05, 0.1) is 12.7 Å². The van der Waals surface area contributed by atoms with Crippen LogP contribution in [0.15, 0.2) is 0 Å². The summed E-state index contributed by atoms with van der Waals surface area (Å²) in [5, 5.41) is 0. The number of ether oxygens (including phenoxy) is 2. The maximum Gasteiger partial charge on any atom is 0.222 e. The highest BCUT2D eigenvalue weighted by molar-refractivity contribution is 5.77. The van der Waals surface area contributed by atoms with Gasteiger partial charge in [0.25, 0.3) is 0 Å². The fourth-order valence-electron chi connectivity index (χ4n) is 3.05. The minimum absolute atomic E-state index is 0.0846. The average Bonchev–Trinajstić information content (AvgIpc) is 2.55. The molecule has 0 aromatic heterocycles. The lowest BCUT2D eigenvalue weighted by Gasteiger charge is -2.33. The number of carbonyl (C=O) groups is 2. The molecule has 0 aromatic carbocycles. The van der Waals surface area contributed by atoms with Crippen LogP contribution in [0.25, 0.3) is 0 Å². The van der Waals surface area contributed by atoms with Crippen molar-refractivity contribution in [2.45, 2.75) is 44.6 Å². The summed E-state index contributed by atoms with van der Waals surface area (Å²) in [6.45, 7) is 4.15. The summed E-state index contributed by atoms with van der Waals surface area (Å²) in [6, 6.07) is 0. The number of carbonyl (C=O) groups excluding carboxylic acids is 2. The molecule has 0 aliphatic carbocycles. The van der Waals surface area contributed by atoms with Crippen LogP contribution in [0.4, 0.5) is 0 Å². The Labute approximate surface area is 132 Å². The highest BCUT2D eigenvalue weighted by atomic mass is 16.5. The second-order valence-corrected chi connectivity index (χ2v) is 6.06. The van der Waals surface area contributed by atoms with Crippen molar-refractivity contribution in [3.8, 4) is 0 Å². The maximum atomic E-state index is 12.3. The number of piperidine rings is 1. The largest absolute Gasteiger partial charge is 0.385 e. The molecule has 0 radical (unpaired) electrons. The van der Waals surface area contributed by atoms with Crippen LogP contribution in [-0.4, -0.2) is 74.2 Å². The van der Waals surface area contributed by atoms with Gasteiger partial charge in [0.15, 0.2) is 0 Å². The number of hydrogen-bond donors (Lipinski definition) is 0. The van der Waals surface area contributed by atoms with Gasteiger partial charge in [-0.1, -0.05) is 0 Å². The highest BCUT2D eigenvalue weighted by Gasteiger charge is 2.24. The van der Waals surface area contributed by atoms with Crippen LogP contribution in [0.5, 0.6) is 0 Å². The Kier molecular flexibility index (Phi) is 7.12. The molecule has 0 aromatic rings. The van der Waals surface area contributed by atoms with Crippen molar-refractivity contribution in [3.63, 3.8) is 0 Å². The molecular formula is C16H28N2O4. The van der Waals surface area contributed by atoms with Crippen LogP contribution in [0.2, 0.25) is 0 Å². The van der Waals surface area contributed by atoms with Crippen LogP contribution >= 0.6 is 0 Å². The highest BCUT2D eigenvalue weighted by Crippen LogP contribution is 2.13. The fraction of sp³-hybridized carbons (Fsp3) is 0.875. The van der Waals surface area contributed by atoms with Crippen LogP contribution < -0.4 is 0 Å². The third-order valence-electron chi connectivity index (χ3n) is 4.38. The van der Waals surface area contributed by atoms with Crippen molar-refractivity contribution in [1.29, 1.82) is 0 Å². The van der Waals surface area contributed by atoms with Gasteiger partial charge >= 0.3 is 0 Å². The lowest BCUT2D eigenvalue weighted by atomic mass is 10.1. The third-order valence-corrected chi connectivity index (χ3v) is 4.38. The van der Waals surface area contributed by atoms with Gasteiger partial charge in [0.2, 0.25) is 11.8 Å². The summed E-state index contributed by atoms with van der Waals surface area (Å²) >= 11 is 0. The molecule has 126 valence electrons. The molecule has 2 aliphatic rings. The van der Waals surface area contributed by atoms with E-state index in [0.29, 0.717) is 45.7 Å². The van der Waals surface area contributed by atoms with Crippen molar-refractivity contribution in [2.75, 3.05) is 46.5 Å². The normalized spacial score (nSPS) is 23.0. The van der Waals surface area contributed by atoms with Crippen molar-refractivity contribution in [3.05, 3.63) is 0 Å². The molecule has 0 N–H and O–H groups in total. The van der Waals surface area contributed by atoms with Gasteiger partial charge in [-0.05, 0) is 25.7 Å². The second kappa shape index (κ2) is 9.10. The van der Waals surface area contributed by atoms with E-state index in [2.05, 4.69) is 0 Å². The molecule has 2 fully saturated rings. The third kappa shape index (κ3) is 5.25. The fourth-order valence-corrected chi connectivity index (χ4v) is 3.05. The molecule has 2 heterocycles. The van der Waals surface area contributed by atoms with Crippen LogP contribution in [0.3, 0.4) is 0 Å². The van der Waals surface area contributed by atoms with Crippen molar-refractivity contribution >= 4 is 11.8 Å². The first kappa shape index (κ1) is 17.2. The van der Waals surface area contributed by atoms with Gasteiger partial charge in [-0.3, -0.25) is 9.59 Å². The number of likely N-dealkylation sites (tertiary alicyclic amines) is 1. The Hall–Kier alpha value is -1.14. The number of morpholine rings is 1. The zero-order valence-corrected chi connectivity index (χ0v) is 13.6. The molecule has 22 heavy (non-hydrogen) atoms. The van der Waals surface area contributed by atoms with Crippen molar-refractivity contribution < 1.29 is 19.1 Å². The van der Waals surface area contributed by atoms with E-state index in [-0.39, 0.29) is 17.9 Å². The Morgan fingerprint density at radius 1 is 1.36 bits per heavy atom. The summed E-state index contributed by atoms with van der Waals surface area (Å²) in [6.07, 6.45) is 4.93. The predicted octanol–water partition coefficient (Wildman–Crippen LogP) is 1.04. The molecular weight excluding hydrogens is 284 g/mol. The van der Waals surface area contributed by atoms with Gasteiger partial charge in [0.1, 0.15) is 0 Å². The molecule has 0 unspecified atom stereocenters. The Morgan fingerprint density at radius 2 is 2.23 bits per heavy atom. The van der Waals surface area contributed by atoms with Crippen LogP contribution in [0.1, 0.15) is 38.5 Å². The molecule has 0 saturated carbocycles. The number of amides is 2. The minimum Gasteiger partial charge on any atom is -0.385 e. The van der Waals surface area contributed by atoms with Gasteiger partial charge in [0, 0.05) is 52.7 Å². The lowest BCUT2D eigenvalue weighted by molar-refractivity contribution is -0.140. The zero-order valence-electron chi connectivity index (χ0n) is 13.6. The summed E-state index contributed by atoms with van der Waals surface area (Å²) in [4.78, 5) is 27.8. The Morgan fingerprint density at radius 3 is 3.00 bits per heavy atom. The summed E-state index contributed by atoms with van der Waals surface area (Å²) in [5.41, 5.74) is 0. The Balaban J connectivity index is 1.66. The van der Waals surface area contributed by atoms with E-state index < -0.39 is 0 Å². The minimum atomic E-state index is 0.0846. The zero-order chi connectivity index (χ0) is 15.8. The molecule has 2 amide bonds. The van der Waals surface area contributed by atoms with Gasteiger partial charge in [-0.25, -0.2) is 0 Å². The van der Waals surface area contributed by atoms with Gasteiger partial charge < -0.3 is 19.3 Å². The molecule has 6 heteroatoms. The SMILES string of the molecule is COCC[C@@H]1CN(C(=O)CCCN2CCCCC2=O)CCO1. The number of hydrogen-bond acceptors (Lipinski definition) is 4. The van der Waals surface area contributed by atoms with E-state index in [1.165, 1.54) is 0 Å². The van der Waals surface area contributed by atoms with E-state index >= 15 is 0 Å². The topological polar surface area (TPSA) is 59.1 Å². The molecule has 2 saturated heterocycles. The van der Waals surface area contributed by atoms with Crippen molar-refractivity contribution in [1.82, 2.24) is 9.80 Å². The van der Waals surface area contributed by atoms with E-state index in [1.54, 1.807) is 7.11 Å². The van der Waals surface area contributed by atoms with Gasteiger partial charge in [-0.2, -0.15) is 0 Å². The molecule has 2 aliphatic heterocycles. The molecule has 1 atom stereocenters. The standard InChI is InChI=1S/C16H28N2O4/c1-21-11-7-14-13-18(10-12-22-14)16(20)6-4-9-17-8-3-2-5-15(17)19/h14H,2-13H2,1H3/t14-/m1/s1. The van der Waals surface area contributed by atoms with E-state index in [4.69, 9.17) is 9.47 Å². The first-order valence-electron chi connectivity index (χ1n) is 8.37. The molecule has 2 rings (SSSR count). The van der Waals surface area contributed by atoms with Crippen LogP contribution in [-0.2, 0) is 19.1 Å². The van der Waals surface area contributed by atoms with Crippen molar-refractivity contribution in [2.24, 2.45) is 0 Å². The quantitative estimate of drug-likeness (QED) is 0.705. The molecule has 0 spiro atoms.